The van der Waals surface area contributed by atoms with E-state index in [0.717, 1.165) is 5.82 Å². The van der Waals surface area contributed by atoms with E-state index >= 15 is 0 Å². The Morgan fingerprint density at radius 3 is 2.87 bits per heavy atom. The molecule has 0 aliphatic rings. The first kappa shape index (κ1) is 9.86. The molecular weight excluding hydrogens is 193 g/mol. The molecule has 0 aliphatic heterocycles. The number of hydrogen-bond donors (Lipinski definition) is 2. The number of aromatic nitrogens is 2. The van der Waals surface area contributed by atoms with E-state index < -0.39 is 0 Å². The zero-order valence-corrected chi connectivity index (χ0v) is 8.15. The second-order valence-electron chi connectivity index (χ2n) is 3.37. The van der Waals surface area contributed by atoms with E-state index in [0.29, 0.717) is 12.0 Å². The molecule has 0 spiro atoms. The molecule has 2 rings (SSSR count). The van der Waals surface area contributed by atoms with Crippen LogP contribution in [0, 0.1) is 5.82 Å². The van der Waals surface area contributed by atoms with Crippen molar-refractivity contribution in [3.8, 4) is 0 Å². The zero-order chi connectivity index (χ0) is 10.7. The fourth-order valence-corrected chi connectivity index (χ4v) is 1.50. The van der Waals surface area contributed by atoms with Crippen LogP contribution in [0.2, 0.25) is 0 Å². The van der Waals surface area contributed by atoms with E-state index in [-0.39, 0.29) is 11.9 Å². The van der Waals surface area contributed by atoms with Crippen LogP contribution >= 0.6 is 0 Å². The van der Waals surface area contributed by atoms with E-state index in [1.165, 1.54) is 6.07 Å². The van der Waals surface area contributed by atoms with Crippen molar-refractivity contribution in [3.05, 3.63) is 53.9 Å². The smallest absolute Gasteiger partial charge is 0.127 e. The average molecular weight is 205 g/mol. The van der Waals surface area contributed by atoms with Crippen molar-refractivity contribution in [1.82, 2.24) is 9.97 Å². The summed E-state index contributed by atoms with van der Waals surface area (Å²) in [5.41, 5.74) is 6.41. The molecule has 1 heterocycles. The monoisotopic (exact) mass is 205 g/mol. The van der Waals surface area contributed by atoms with Gasteiger partial charge in [-0.15, -0.1) is 0 Å². The first-order chi connectivity index (χ1) is 7.27. The Bertz CT molecular complexity index is 425. The van der Waals surface area contributed by atoms with Gasteiger partial charge in [0.2, 0.25) is 0 Å². The van der Waals surface area contributed by atoms with Gasteiger partial charge in [0.15, 0.2) is 0 Å². The first-order valence-electron chi connectivity index (χ1n) is 4.75. The Morgan fingerprint density at radius 1 is 1.40 bits per heavy atom. The van der Waals surface area contributed by atoms with Crippen LogP contribution in [-0.2, 0) is 6.42 Å². The van der Waals surface area contributed by atoms with Gasteiger partial charge >= 0.3 is 0 Å². The maximum atomic E-state index is 13.4. The largest absolute Gasteiger partial charge is 0.349 e. The number of nitrogens with zero attached hydrogens (tertiary/aromatic N) is 1. The molecule has 1 aromatic carbocycles. The van der Waals surface area contributed by atoms with E-state index in [1.807, 2.05) is 0 Å². The Morgan fingerprint density at radius 2 is 2.20 bits per heavy atom. The summed E-state index contributed by atoms with van der Waals surface area (Å²) in [7, 11) is 0. The first-order valence-corrected chi connectivity index (χ1v) is 4.75. The molecule has 0 radical (unpaired) electrons. The number of nitrogens with two attached hydrogens (primary N) is 1. The van der Waals surface area contributed by atoms with Crippen LogP contribution in [0.15, 0.2) is 36.7 Å². The Labute approximate surface area is 87.2 Å². The number of rotatable bonds is 3. The molecule has 2 aromatic rings. The van der Waals surface area contributed by atoms with E-state index in [2.05, 4.69) is 9.97 Å². The fourth-order valence-electron chi connectivity index (χ4n) is 1.50. The third-order valence-corrected chi connectivity index (χ3v) is 2.27. The van der Waals surface area contributed by atoms with Crippen molar-refractivity contribution in [2.24, 2.45) is 5.73 Å². The maximum absolute atomic E-state index is 13.4. The van der Waals surface area contributed by atoms with Crippen LogP contribution in [0.3, 0.4) is 0 Å². The molecule has 1 unspecified atom stereocenters. The van der Waals surface area contributed by atoms with Crippen molar-refractivity contribution in [2.45, 2.75) is 12.5 Å². The SMILES string of the molecule is NC(Cc1ncc[nH]1)c1ccccc1F. The van der Waals surface area contributed by atoms with E-state index in [4.69, 9.17) is 5.73 Å². The van der Waals surface area contributed by atoms with Crippen molar-refractivity contribution >= 4 is 0 Å². The lowest BCUT2D eigenvalue weighted by Gasteiger charge is -2.10. The average Bonchev–Trinajstić information content (AvgIpc) is 2.71. The summed E-state index contributed by atoms with van der Waals surface area (Å²) in [4.78, 5) is 7.00. The quantitative estimate of drug-likeness (QED) is 0.802. The summed E-state index contributed by atoms with van der Waals surface area (Å²) in [5.74, 6) is 0.502. The van der Waals surface area contributed by atoms with Gasteiger partial charge in [0.05, 0.1) is 0 Å². The summed E-state index contributed by atoms with van der Waals surface area (Å²) in [6.07, 6.45) is 3.89. The molecule has 0 saturated carbocycles. The summed E-state index contributed by atoms with van der Waals surface area (Å²) >= 11 is 0. The highest BCUT2D eigenvalue weighted by atomic mass is 19.1. The van der Waals surface area contributed by atoms with Crippen molar-refractivity contribution in [2.75, 3.05) is 0 Å². The number of nitrogens with one attached hydrogen (secondary N) is 1. The second kappa shape index (κ2) is 4.23. The summed E-state index contributed by atoms with van der Waals surface area (Å²) in [6, 6.07) is 6.18. The lowest BCUT2D eigenvalue weighted by atomic mass is 10.0. The van der Waals surface area contributed by atoms with E-state index in [1.54, 1.807) is 30.6 Å². The van der Waals surface area contributed by atoms with Crippen LogP contribution in [0.5, 0.6) is 0 Å². The molecule has 1 atom stereocenters. The number of benzene rings is 1. The third kappa shape index (κ3) is 2.22. The molecule has 0 amide bonds. The molecule has 3 nitrogen and oxygen atoms in total. The van der Waals surface area contributed by atoms with Crippen LogP contribution in [-0.4, -0.2) is 9.97 Å². The van der Waals surface area contributed by atoms with Crippen LogP contribution < -0.4 is 5.73 Å². The fraction of sp³-hybridized carbons (Fsp3) is 0.182. The van der Waals surface area contributed by atoms with Gasteiger partial charge in [0.1, 0.15) is 11.6 Å². The molecular formula is C11H12FN3. The van der Waals surface area contributed by atoms with Gasteiger partial charge in [-0.25, -0.2) is 9.37 Å². The van der Waals surface area contributed by atoms with Crippen LogP contribution in [0.4, 0.5) is 4.39 Å². The number of halogens is 1. The standard InChI is InChI=1S/C11H12FN3/c12-9-4-2-1-3-8(9)10(13)7-11-14-5-6-15-11/h1-6,10H,7,13H2,(H,14,15). The second-order valence-corrected chi connectivity index (χ2v) is 3.37. The van der Waals surface area contributed by atoms with Crippen molar-refractivity contribution in [1.29, 1.82) is 0 Å². The van der Waals surface area contributed by atoms with Gasteiger partial charge < -0.3 is 10.7 Å². The van der Waals surface area contributed by atoms with Gasteiger partial charge in [0.25, 0.3) is 0 Å². The summed E-state index contributed by atoms with van der Waals surface area (Å²) < 4.78 is 13.4. The Hall–Kier alpha value is -1.68. The normalized spacial score (nSPS) is 12.7. The van der Waals surface area contributed by atoms with Gasteiger partial charge in [0, 0.05) is 30.4 Å². The van der Waals surface area contributed by atoms with Gasteiger partial charge in [-0.05, 0) is 6.07 Å². The van der Waals surface area contributed by atoms with Crippen LogP contribution in [0.1, 0.15) is 17.4 Å². The molecule has 0 aliphatic carbocycles. The van der Waals surface area contributed by atoms with Gasteiger partial charge in [-0.2, -0.15) is 0 Å². The van der Waals surface area contributed by atoms with Gasteiger partial charge in [-0.3, -0.25) is 0 Å². The molecule has 0 fully saturated rings. The minimum Gasteiger partial charge on any atom is -0.349 e. The van der Waals surface area contributed by atoms with Gasteiger partial charge in [-0.1, -0.05) is 18.2 Å². The number of hydrogen-bond acceptors (Lipinski definition) is 2. The number of imidazole rings is 1. The maximum Gasteiger partial charge on any atom is 0.127 e. The number of aromatic amines is 1. The van der Waals surface area contributed by atoms with Crippen LogP contribution in [0.25, 0.3) is 0 Å². The minimum atomic E-state index is -0.364. The molecule has 1 aromatic heterocycles. The molecule has 15 heavy (non-hydrogen) atoms. The Kier molecular flexibility index (Phi) is 2.78. The highest BCUT2D eigenvalue weighted by molar-refractivity contribution is 5.21. The molecule has 78 valence electrons. The zero-order valence-electron chi connectivity index (χ0n) is 8.15. The Balaban J connectivity index is 2.15. The molecule has 4 heteroatoms. The molecule has 3 N–H and O–H groups in total. The topological polar surface area (TPSA) is 54.7 Å². The lowest BCUT2D eigenvalue weighted by molar-refractivity contribution is 0.576. The predicted octanol–water partition coefficient (Wildman–Crippen LogP) is 1.79. The van der Waals surface area contributed by atoms with Crippen molar-refractivity contribution < 1.29 is 4.39 Å². The molecule has 0 bridgehead atoms. The lowest BCUT2D eigenvalue weighted by Crippen LogP contribution is -2.15. The minimum absolute atomic E-state index is 0.267. The summed E-state index contributed by atoms with van der Waals surface area (Å²) in [5, 5.41) is 0. The third-order valence-electron chi connectivity index (χ3n) is 2.27. The highest BCUT2D eigenvalue weighted by Gasteiger charge is 2.12. The summed E-state index contributed by atoms with van der Waals surface area (Å²) in [6.45, 7) is 0. The highest BCUT2D eigenvalue weighted by Crippen LogP contribution is 2.17. The number of H-pyrrole nitrogens is 1. The predicted molar refractivity (Wildman–Crippen MR) is 55.6 cm³/mol. The van der Waals surface area contributed by atoms with Crippen molar-refractivity contribution in [3.63, 3.8) is 0 Å². The van der Waals surface area contributed by atoms with E-state index in [9.17, 15) is 4.39 Å². The molecule has 0 saturated heterocycles.